The zero-order chi connectivity index (χ0) is 19.9. The summed E-state index contributed by atoms with van der Waals surface area (Å²) in [4.78, 5) is 23.9. The first kappa shape index (κ1) is 21.3. The maximum Gasteiger partial charge on any atom is 0.305 e. The van der Waals surface area contributed by atoms with E-state index in [0.29, 0.717) is 26.1 Å². The highest BCUT2D eigenvalue weighted by atomic mass is 32.2. The summed E-state index contributed by atoms with van der Waals surface area (Å²) >= 11 is 0. The fourth-order valence-corrected chi connectivity index (χ4v) is 4.32. The molecule has 1 amide bonds. The van der Waals surface area contributed by atoms with Crippen molar-refractivity contribution >= 4 is 21.9 Å². The van der Waals surface area contributed by atoms with Gasteiger partial charge in [-0.3, -0.25) is 9.59 Å². The van der Waals surface area contributed by atoms with Gasteiger partial charge in [0.05, 0.1) is 38.2 Å². The zero-order valence-electron chi connectivity index (χ0n) is 15.2. The van der Waals surface area contributed by atoms with Gasteiger partial charge in [-0.25, -0.2) is 12.8 Å². The third kappa shape index (κ3) is 6.26. The number of sulfonamides is 1. The average molecular weight is 402 g/mol. The van der Waals surface area contributed by atoms with Crippen LogP contribution >= 0.6 is 0 Å². The number of hydrogen-bond donors (Lipinski definition) is 2. The number of amides is 1. The molecular weight excluding hydrogens is 377 g/mol. The SMILES string of the molecule is COC(=O)CCCNC(=O)C[NH+]1CCN(S(=O)(=O)c2cccc(F)c2)CC1. The summed E-state index contributed by atoms with van der Waals surface area (Å²) in [5, 5.41) is 2.74. The second-order valence-corrected chi connectivity index (χ2v) is 8.26. The van der Waals surface area contributed by atoms with E-state index in [9.17, 15) is 22.4 Å². The largest absolute Gasteiger partial charge is 0.469 e. The van der Waals surface area contributed by atoms with Gasteiger partial charge in [0.25, 0.3) is 5.91 Å². The highest BCUT2D eigenvalue weighted by Gasteiger charge is 2.31. The van der Waals surface area contributed by atoms with Crippen molar-refractivity contribution in [1.29, 1.82) is 0 Å². The minimum Gasteiger partial charge on any atom is -0.469 e. The molecule has 0 saturated carbocycles. The van der Waals surface area contributed by atoms with Gasteiger partial charge in [-0.05, 0) is 24.6 Å². The van der Waals surface area contributed by atoms with Crippen LogP contribution in [0.3, 0.4) is 0 Å². The molecule has 0 unspecified atom stereocenters. The average Bonchev–Trinajstić information content (AvgIpc) is 2.65. The second-order valence-electron chi connectivity index (χ2n) is 6.32. The van der Waals surface area contributed by atoms with E-state index in [1.165, 1.54) is 29.6 Å². The van der Waals surface area contributed by atoms with Gasteiger partial charge in [-0.2, -0.15) is 4.31 Å². The summed E-state index contributed by atoms with van der Waals surface area (Å²) in [5.41, 5.74) is 0. The Labute approximate surface area is 158 Å². The van der Waals surface area contributed by atoms with Gasteiger partial charge in [0.1, 0.15) is 5.82 Å². The molecule has 1 aromatic carbocycles. The van der Waals surface area contributed by atoms with E-state index in [0.717, 1.165) is 11.0 Å². The monoisotopic (exact) mass is 402 g/mol. The fraction of sp³-hybridized carbons (Fsp3) is 0.529. The first-order valence-corrected chi connectivity index (χ1v) is 10.2. The van der Waals surface area contributed by atoms with E-state index in [1.54, 1.807) is 0 Å². The van der Waals surface area contributed by atoms with Crippen LogP contribution in [0.1, 0.15) is 12.8 Å². The van der Waals surface area contributed by atoms with E-state index in [-0.39, 0.29) is 42.8 Å². The zero-order valence-corrected chi connectivity index (χ0v) is 16.1. The number of ether oxygens (including phenoxy) is 1. The molecule has 27 heavy (non-hydrogen) atoms. The third-order valence-corrected chi connectivity index (χ3v) is 6.28. The molecule has 1 fully saturated rings. The molecular formula is C17H25FN3O5S+. The summed E-state index contributed by atoms with van der Waals surface area (Å²) in [6, 6.07) is 4.95. The molecule has 0 bridgehead atoms. The lowest BCUT2D eigenvalue weighted by molar-refractivity contribution is -0.895. The molecule has 2 rings (SSSR count). The van der Waals surface area contributed by atoms with Crippen molar-refractivity contribution in [3.8, 4) is 0 Å². The van der Waals surface area contributed by atoms with Crippen molar-refractivity contribution < 1.29 is 32.0 Å². The number of nitrogens with zero attached hydrogens (tertiary/aromatic N) is 1. The molecule has 0 atom stereocenters. The van der Waals surface area contributed by atoms with Gasteiger partial charge < -0.3 is 15.0 Å². The minimum atomic E-state index is -3.73. The normalized spacial score (nSPS) is 16.1. The van der Waals surface area contributed by atoms with Gasteiger partial charge in [0, 0.05) is 13.0 Å². The molecule has 1 saturated heterocycles. The topological polar surface area (TPSA) is 97.2 Å². The van der Waals surface area contributed by atoms with E-state index in [4.69, 9.17) is 0 Å². The van der Waals surface area contributed by atoms with Crippen molar-refractivity contribution in [2.24, 2.45) is 0 Å². The first-order valence-electron chi connectivity index (χ1n) is 8.75. The quantitative estimate of drug-likeness (QED) is 0.420. The van der Waals surface area contributed by atoms with Crippen LogP contribution in [-0.2, 0) is 24.3 Å². The van der Waals surface area contributed by atoms with Crippen molar-refractivity contribution in [2.45, 2.75) is 17.7 Å². The van der Waals surface area contributed by atoms with Gasteiger partial charge in [0.15, 0.2) is 6.54 Å². The number of halogens is 1. The Hall–Kier alpha value is -2.04. The van der Waals surface area contributed by atoms with Crippen LogP contribution in [0, 0.1) is 5.82 Å². The third-order valence-electron chi connectivity index (χ3n) is 4.38. The molecule has 2 N–H and O–H groups in total. The Morgan fingerprint density at radius 1 is 1.30 bits per heavy atom. The molecule has 0 radical (unpaired) electrons. The lowest BCUT2D eigenvalue weighted by Gasteiger charge is -2.31. The lowest BCUT2D eigenvalue weighted by Crippen LogP contribution is -3.15. The summed E-state index contributed by atoms with van der Waals surface area (Å²) < 4.78 is 44.3. The minimum absolute atomic E-state index is 0.0608. The van der Waals surface area contributed by atoms with Crippen LogP contribution in [-0.4, -0.2) is 71.0 Å². The highest BCUT2D eigenvalue weighted by Crippen LogP contribution is 2.16. The number of carbonyl (C=O) groups excluding carboxylic acids is 2. The van der Waals surface area contributed by atoms with Crippen LogP contribution < -0.4 is 10.2 Å². The molecule has 1 aromatic rings. The van der Waals surface area contributed by atoms with Crippen molar-refractivity contribution in [3.63, 3.8) is 0 Å². The van der Waals surface area contributed by atoms with Gasteiger partial charge in [0.2, 0.25) is 10.0 Å². The number of quaternary nitrogens is 1. The number of methoxy groups -OCH3 is 1. The molecule has 10 heteroatoms. The van der Waals surface area contributed by atoms with Crippen molar-refractivity contribution in [2.75, 3.05) is 46.4 Å². The van der Waals surface area contributed by atoms with Crippen LogP contribution in [0.5, 0.6) is 0 Å². The second kappa shape index (κ2) is 9.77. The predicted molar refractivity (Wildman–Crippen MR) is 95.0 cm³/mol. The molecule has 0 aliphatic carbocycles. The molecule has 0 aromatic heterocycles. The number of piperazine rings is 1. The van der Waals surface area contributed by atoms with Gasteiger partial charge in [-0.15, -0.1) is 0 Å². The molecule has 150 valence electrons. The molecule has 1 aliphatic rings. The smallest absolute Gasteiger partial charge is 0.305 e. The maximum atomic E-state index is 13.3. The van der Waals surface area contributed by atoms with E-state index < -0.39 is 15.8 Å². The van der Waals surface area contributed by atoms with Crippen molar-refractivity contribution in [3.05, 3.63) is 30.1 Å². The van der Waals surface area contributed by atoms with Crippen LogP contribution in [0.15, 0.2) is 29.2 Å². The first-order chi connectivity index (χ1) is 12.8. The standard InChI is InChI=1S/C17H24FN3O5S/c1-26-17(23)6-3-7-19-16(22)13-20-8-10-21(11-9-20)27(24,25)15-5-2-4-14(18)12-15/h2,4-5,12H,3,6-11,13H2,1H3,(H,19,22)/p+1. The van der Waals surface area contributed by atoms with Crippen LogP contribution in [0.25, 0.3) is 0 Å². The maximum absolute atomic E-state index is 13.3. The van der Waals surface area contributed by atoms with Crippen LogP contribution in [0.2, 0.25) is 0 Å². The van der Waals surface area contributed by atoms with E-state index in [1.807, 2.05) is 0 Å². The van der Waals surface area contributed by atoms with Crippen LogP contribution in [0.4, 0.5) is 4.39 Å². The van der Waals surface area contributed by atoms with Gasteiger partial charge in [-0.1, -0.05) is 6.07 Å². The number of carbonyl (C=O) groups is 2. The summed E-state index contributed by atoms with van der Waals surface area (Å²) in [7, 11) is -2.41. The Balaban J connectivity index is 1.76. The Bertz CT molecular complexity index is 764. The molecule has 1 aliphatic heterocycles. The Kier molecular flexibility index (Phi) is 7.69. The summed E-state index contributed by atoms with van der Waals surface area (Å²) in [6.07, 6.45) is 0.758. The Morgan fingerprint density at radius 3 is 2.63 bits per heavy atom. The number of benzene rings is 1. The summed E-state index contributed by atoms with van der Waals surface area (Å²) in [6.45, 7) is 2.15. The van der Waals surface area contributed by atoms with E-state index in [2.05, 4.69) is 10.1 Å². The van der Waals surface area contributed by atoms with E-state index >= 15 is 0 Å². The lowest BCUT2D eigenvalue weighted by atomic mass is 10.3. The molecule has 1 heterocycles. The molecule has 0 spiro atoms. The molecule has 8 nitrogen and oxygen atoms in total. The van der Waals surface area contributed by atoms with Gasteiger partial charge >= 0.3 is 5.97 Å². The number of esters is 1. The number of hydrogen-bond acceptors (Lipinski definition) is 5. The highest BCUT2D eigenvalue weighted by molar-refractivity contribution is 7.89. The predicted octanol–water partition coefficient (Wildman–Crippen LogP) is -1.22. The number of nitrogens with one attached hydrogen (secondary N) is 2. The summed E-state index contributed by atoms with van der Waals surface area (Å²) in [5.74, 6) is -1.05. The Morgan fingerprint density at radius 2 is 2.00 bits per heavy atom. The number of rotatable bonds is 8. The fourth-order valence-electron chi connectivity index (χ4n) is 2.85. The van der Waals surface area contributed by atoms with Crippen molar-refractivity contribution in [1.82, 2.24) is 9.62 Å².